The van der Waals surface area contributed by atoms with Crippen molar-refractivity contribution in [2.45, 2.75) is 5.79 Å². The van der Waals surface area contributed by atoms with Crippen LogP contribution < -0.4 is 5.73 Å². The first-order valence-corrected chi connectivity index (χ1v) is 2.36. The molecule has 0 aliphatic carbocycles. The van der Waals surface area contributed by atoms with E-state index < -0.39 is 5.79 Å². The predicted octanol–water partition coefficient (Wildman–Crippen LogP) is 0.252. The van der Waals surface area contributed by atoms with Crippen LogP contribution in [-0.4, -0.2) is 18.6 Å². The van der Waals surface area contributed by atoms with E-state index in [-0.39, 0.29) is 6.54 Å². The standard InChI is InChI=1S/C5H7FN2/c6-5(7)2-1-3-8-4-5/h1-3H,4,7H2. The summed E-state index contributed by atoms with van der Waals surface area (Å²) >= 11 is 0. The summed E-state index contributed by atoms with van der Waals surface area (Å²) in [6, 6.07) is 0. The molecule has 0 saturated heterocycles. The second-order valence-corrected chi connectivity index (χ2v) is 1.78. The topological polar surface area (TPSA) is 38.4 Å². The average Bonchev–Trinajstić information content (AvgIpc) is 1.65. The van der Waals surface area contributed by atoms with Gasteiger partial charge in [0.15, 0.2) is 5.79 Å². The molecule has 1 rings (SSSR count). The number of alkyl halides is 1. The minimum atomic E-state index is -1.70. The van der Waals surface area contributed by atoms with Gasteiger partial charge in [-0.2, -0.15) is 0 Å². The molecule has 0 radical (unpaired) electrons. The number of hydrogen-bond acceptors (Lipinski definition) is 2. The Kier molecular flexibility index (Phi) is 1.13. The van der Waals surface area contributed by atoms with Gasteiger partial charge in [-0.05, 0) is 12.2 Å². The van der Waals surface area contributed by atoms with E-state index >= 15 is 0 Å². The van der Waals surface area contributed by atoms with Gasteiger partial charge in [-0.15, -0.1) is 0 Å². The maximum absolute atomic E-state index is 12.4. The highest BCUT2D eigenvalue weighted by atomic mass is 19.1. The molecule has 1 unspecified atom stereocenters. The first kappa shape index (κ1) is 5.44. The zero-order valence-corrected chi connectivity index (χ0v) is 4.34. The largest absolute Gasteiger partial charge is 0.294 e. The molecule has 2 N–H and O–H groups in total. The van der Waals surface area contributed by atoms with Gasteiger partial charge >= 0.3 is 0 Å². The molecule has 44 valence electrons. The van der Waals surface area contributed by atoms with Crippen molar-refractivity contribution in [3.8, 4) is 0 Å². The molecule has 0 saturated carbocycles. The summed E-state index contributed by atoms with van der Waals surface area (Å²) in [4.78, 5) is 3.62. The lowest BCUT2D eigenvalue weighted by atomic mass is 10.2. The summed E-state index contributed by atoms with van der Waals surface area (Å²) in [7, 11) is 0. The molecule has 0 fully saturated rings. The third-order valence-corrected chi connectivity index (χ3v) is 0.898. The smallest absolute Gasteiger partial charge is 0.197 e. The van der Waals surface area contributed by atoms with Crippen LogP contribution in [0.1, 0.15) is 0 Å². The van der Waals surface area contributed by atoms with Crippen LogP contribution in [0.25, 0.3) is 0 Å². The lowest BCUT2D eigenvalue weighted by Gasteiger charge is -2.13. The van der Waals surface area contributed by atoms with Gasteiger partial charge in [-0.1, -0.05) is 0 Å². The highest BCUT2D eigenvalue weighted by molar-refractivity contribution is 5.72. The maximum Gasteiger partial charge on any atom is 0.197 e. The van der Waals surface area contributed by atoms with E-state index in [4.69, 9.17) is 5.73 Å². The van der Waals surface area contributed by atoms with Crippen molar-refractivity contribution in [1.82, 2.24) is 0 Å². The first-order chi connectivity index (χ1) is 3.71. The molecule has 1 aliphatic heterocycles. The fourth-order valence-electron chi connectivity index (χ4n) is 0.509. The number of dihydropyridines is 1. The molecule has 1 atom stereocenters. The second kappa shape index (κ2) is 1.67. The fraction of sp³-hybridized carbons (Fsp3) is 0.400. The number of rotatable bonds is 0. The molecular formula is C5H7FN2. The van der Waals surface area contributed by atoms with E-state index in [0.29, 0.717) is 0 Å². The summed E-state index contributed by atoms with van der Waals surface area (Å²) in [6.07, 6.45) is 4.33. The van der Waals surface area contributed by atoms with E-state index in [9.17, 15) is 4.39 Å². The maximum atomic E-state index is 12.4. The Labute approximate surface area is 46.9 Å². The van der Waals surface area contributed by atoms with Gasteiger partial charge in [0, 0.05) is 6.21 Å². The minimum absolute atomic E-state index is 0.0451. The van der Waals surface area contributed by atoms with Gasteiger partial charge in [-0.25, -0.2) is 4.39 Å². The third kappa shape index (κ3) is 1.13. The van der Waals surface area contributed by atoms with Gasteiger partial charge < -0.3 is 0 Å². The number of allylic oxidation sites excluding steroid dienone is 1. The summed E-state index contributed by atoms with van der Waals surface area (Å²) in [5.41, 5.74) is 5.01. The Morgan fingerprint density at radius 1 is 1.75 bits per heavy atom. The Morgan fingerprint density at radius 2 is 2.50 bits per heavy atom. The van der Waals surface area contributed by atoms with E-state index in [1.165, 1.54) is 18.4 Å². The van der Waals surface area contributed by atoms with Crippen LogP contribution >= 0.6 is 0 Å². The molecule has 0 amide bonds. The lowest BCUT2D eigenvalue weighted by Crippen LogP contribution is -2.36. The highest BCUT2D eigenvalue weighted by Gasteiger charge is 2.19. The quantitative estimate of drug-likeness (QED) is 0.450. The summed E-state index contributed by atoms with van der Waals surface area (Å²) in [5.74, 6) is -1.70. The Bertz CT molecular complexity index is 137. The second-order valence-electron chi connectivity index (χ2n) is 1.78. The number of nitrogens with zero attached hydrogens (tertiary/aromatic N) is 1. The van der Waals surface area contributed by atoms with Crippen molar-refractivity contribution >= 4 is 6.21 Å². The fourth-order valence-corrected chi connectivity index (χ4v) is 0.509. The molecule has 0 spiro atoms. The van der Waals surface area contributed by atoms with E-state index in [0.717, 1.165) is 0 Å². The normalized spacial score (nSPS) is 35.8. The average molecular weight is 114 g/mol. The molecule has 0 aromatic heterocycles. The van der Waals surface area contributed by atoms with Crippen molar-refractivity contribution < 1.29 is 4.39 Å². The van der Waals surface area contributed by atoms with Crippen LogP contribution in [0.15, 0.2) is 17.1 Å². The zero-order chi connectivity index (χ0) is 6.04. The minimum Gasteiger partial charge on any atom is -0.294 e. The van der Waals surface area contributed by atoms with E-state index in [1.807, 2.05) is 0 Å². The van der Waals surface area contributed by atoms with Gasteiger partial charge in [0.1, 0.15) is 0 Å². The van der Waals surface area contributed by atoms with Crippen molar-refractivity contribution in [3.63, 3.8) is 0 Å². The molecule has 1 aliphatic rings. The molecule has 2 nitrogen and oxygen atoms in total. The van der Waals surface area contributed by atoms with Crippen molar-refractivity contribution in [2.24, 2.45) is 10.7 Å². The number of hydrogen-bond donors (Lipinski definition) is 1. The molecule has 1 heterocycles. The highest BCUT2D eigenvalue weighted by Crippen LogP contribution is 2.06. The van der Waals surface area contributed by atoms with E-state index in [2.05, 4.69) is 4.99 Å². The first-order valence-electron chi connectivity index (χ1n) is 2.36. The molecule has 8 heavy (non-hydrogen) atoms. The van der Waals surface area contributed by atoms with Crippen LogP contribution in [-0.2, 0) is 0 Å². The Morgan fingerprint density at radius 3 is 2.75 bits per heavy atom. The van der Waals surface area contributed by atoms with Crippen molar-refractivity contribution in [2.75, 3.05) is 6.54 Å². The van der Waals surface area contributed by atoms with Gasteiger partial charge in [0.2, 0.25) is 0 Å². The Balaban J connectivity index is 2.65. The molecule has 0 bridgehead atoms. The molecular weight excluding hydrogens is 107 g/mol. The van der Waals surface area contributed by atoms with Gasteiger partial charge in [-0.3, -0.25) is 10.7 Å². The predicted molar refractivity (Wildman–Crippen MR) is 30.5 cm³/mol. The van der Waals surface area contributed by atoms with Gasteiger partial charge in [0.25, 0.3) is 0 Å². The van der Waals surface area contributed by atoms with Crippen LogP contribution in [0, 0.1) is 0 Å². The van der Waals surface area contributed by atoms with Crippen LogP contribution in [0.3, 0.4) is 0 Å². The number of halogens is 1. The number of aliphatic imine (C=N–C) groups is 1. The van der Waals surface area contributed by atoms with Crippen LogP contribution in [0.2, 0.25) is 0 Å². The molecule has 0 aromatic rings. The SMILES string of the molecule is NC1(F)C=CC=NC1. The molecule has 3 heteroatoms. The number of nitrogens with two attached hydrogens (primary N) is 1. The summed E-state index contributed by atoms with van der Waals surface area (Å²) in [6.45, 7) is 0.0451. The van der Waals surface area contributed by atoms with Crippen molar-refractivity contribution in [3.05, 3.63) is 12.2 Å². The molecule has 0 aromatic carbocycles. The lowest BCUT2D eigenvalue weighted by molar-refractivity contribution is 0.250. The van der Waals surface area contributed by atoms with Crippen LogP contribution in [0.4, 0.5) is 4.39 Å². The van der Waals surface area contributed by atoms with E-state index in [1.54, 1.807) is 0 Å². The third-order valence-electron chi connectivity index (χ3n) is 0.898. The Hall–Kier alpha value is -0.700. The van der Waals surface area contributed by atoms with Crippen molar-refractivity contribution in [1.29, 1.82) is 0 Å². The zero-order valence-electron chi connectivity index (χ0n) is 4.34. The monoisotopic (exact) mass is 114 g/mol. The summed E-state index contributed by atoms with van der Waals surface area (Å²) < 4.78 is 12.4. The van der Waals surface area contributed by atoms with Gasteiger partial charge in [0.05, 0.1) is 6.54 Å². The van der Waals surface area contributed by atoms with Crippen LogP contribution in [0.5, 0.6) is 0 Å². The summed E-state index contributed by atoms with van der Waals surface area (Å²) in [5, 5.41) is 0.